The molecule has 0 fully saturated rings. The van der Waals surface area contributed by atoms with Crippen LogP contribution in [0.15, 0.2) is 0 Å². The number of ether oxygens (including phenoxy) is 2. The van der Waals surface area contributed by atoms with Crippen LogP contribution < -0.4 is 5.73 Å². The smallest absolute Gasteiger partial charge is 0.322 e. The van der Waals surface area contributed by atoms with E-state index < -0.39 is 6.04 Å². The second-order valence-corrected chi connectivity index (χ2v) is 3.75. The van der Waals surface area contributed by atoms with E-state index in [4.69, 9.17) is 15.2 Å². The quantitative estimate of drug-likeness (QED) is 0.494. The highest BCUT2D eigenvalue weighted by Gasteiger charge is 2.15. The van der Waals surface area contributed by atoms with Crippen LogP contribution in [0.4, 0.5) is 0 Å². The SMILES string of the molecule is COCCCOC(=O)[C@@H](N)CC(C)C. The van der Waals surface area contributed by atoms with E-state index in [1.165, 1.54) is 0 Å². The van der Waals surface area contributed by atoms with Gasteiger partial charge in [-0.1, -0.05) is 13.8 Å². The molecule has 4 heteroatoms. The maximum atomic E-state index is 11.3. The lowest BCUT2D eigenvalue weighted by Gasteiger charge is -2.13. The highest BCUT2D eigenvalue weighted by Crippen LogP contribution is 2.04. The summed E-state index contributed by atoms with van der Waals surface area (Å²) in [5.74, 6) is 0.103. The summed E-state index contributed by atoms with van der Waals surface area (Å²) in [5.41, 5.74) is 5.63. The van der Waals surface area contributed by atoms with E-state index >= 15 is 0 Å². The molecule has 0 aliphatic carbocycles. The number of rotatable bonds is 7. The van der Waals surface area contributed by atoms with Crippen LogP contribution in [0.5, 0.6) is 0 Å². The Hall–Kier alpha value is -0.610. The van der Waals surface area contributed by atoms with Crippen molar-refractivity contribution < 1.29 is 14.3 Å². The third-order valence-corrected chi connectivity index (χ3v) is 1.77. The molecule has 0 saturated heterocycles. The van der Waals surface area contributed by atoms with Crippen LogP contribution in [0.1, 0.15) is 26.7 Å². The molecule has 14 heavy (non-hydrogen) atoms. The van der Waals surface area contributed by atoms with Crippen molar-refractivity contribution >= 4 is 5.97 Å². The normalized spacial score (nSPS) is 12.9. The number of nitrogens with two attached hydrogens (primary N) is 1. The average Bonchev–Trinajstić information content (AvgIpc) is 2.11. The molecule has 0 aromatic rings. The first-order valence-electron chi connectivity index (χ1n) is 4.99. The average molecular weight is 203 g/mol. The second kappa shape index (κ2) is 7.76. The van der Waals surface area contributed by atoms with Gasteiger partial charge < -0.3 is 15.2 Å². The Kier molecular flexibility index (Phi) is 7.42. The van der Waals surface area contributed by atoms with Crippen molar-refractivity contribution in [2.75, 3.05) is 20.3 Å². The highest BCUT2D eigenvalue weighted by atomic mass is 16.5. The maximum Gasteiger partial charge on any atom is 0.322 e. The van der Waals surface area contributed by atoms with E-state index in [-0.39, 0.29) is 5.97 Å². The zero-order valence-corrected chi connectivity index (χ0v) is 9.29. The lowest BCUT2D eigenvalue weighted by atomic mass is 10.1. The van der Waals surface area contributed by atoms with Gasteiger partial charge in [-0.25, -0.2) is 0 Å². The Labute approximate surface area is 85.8 Å². The first-order valence-corrected chi connectivity index (χ1v) is 4.99. The van der Waals surface area contributed by atoms with Gasteiger partial charge in [-0.3, -0.25) is 4.79 Å². The molecule has 0 aromatic heterocycles. The van der Waals surface area contributed by atoms with Crippen LogP contribution in [-0.4, -0.2) is 32.3 Å². The fraction of sp³-hybridized carbons (Fsp3) is 0.900. The van der Waals surface area contributed by atoms with Gasteiger partial charge in [0, 0.05) is 20.1 Å². The van der Waals surface area contributed by atoms with E-state index in [9.17, 15) is 4.79 Å². The fourth-order valence-electron chi connectivity index (χ4n) is 1.09. The predicted molar refractivity (Wildman–Crippen MR) is 54.9 cm³/mol. The van der Waals surface area contributed by atoms with Crippen molar-refractivity contribution in [3.63, 3.8) is 0 Å². The number of hydrogen-bond donors (Lipinski definition) is 1. The number of hydrogen-bond acceptors (Lipinski definition) is 4. The van der Waals surface area contributed by atoms with Crippen LogP contribution in [0.25, 0.3) is 0 Å². The van der Waals surface area contributed by atoms with Crippen LogP contribution in [0.3, 0.4) is 0 Å². The molecule has 0 unspecified atom stereocenters. The summed E-state index contributed by atoms with van der Waals surface area (Å²) in [7, 11) is 1.62. The Morgan fingerprint density at radius 2 is 2.00 bits per heavy atom. The predicted octanol–water partition coefficient (Wildman–Crippen LogP) is 0.939. The summed E-state index contributed by atoms with van der Waals surface area (Å²) >= 11 is 0. The number of carbonyl (C=O) groups is 1. The van der Waals surface area contributed by atoms with Crippen LogP contribution in [0.2, 0.25) is 0 Å². The molecular weight excluding hydrogens is 182 g/mol. The number of esters is 1. The molecule has 0 radical (unpaired) electrons. The maximum absolute atomic E-state index is 11.3. The minimum Gasteiger partial charge on any atom is -0.464 e. The molecule has 0 heterocycles. The van der Waals surface area contributed by atoms with Crippen molar-refractivity contribution in [1.29, 1.82) is 0 Å². The minimum atomic E-state index is -0.488. The lowest BCUT2D eigenvalue weighted by molar-refractivity contribution is -0.145. The van der Waals surface area contributed by atoms with Crippen LogP contribution in [-0.2, 0) is 14.3 Å². The molecule has 0 aromatic carbocycles. The molecule has 0 aliphatic rings. The molecule has 0 spiro atoms. The summed E-state index contributed by atoms with van der Waals surface area (Å²) in [6.45, 7) is 5.04. The molecule has 0 bridgehead atoms. The summed E-state index contributed by atoms with van der Waals surface area (Å²) < 4.78 is 9.79. The molecule has 0 aliphatic heterocycles. The van der Waals surface area contributed by atoms with Crippen LogP contribution in [0, 0.1) is 5.92 Å². The summed E-state index contributed by atoms with van der Waals surface area (Å²) in [5, 5.41) is 0. The molecular formula is C10H21NO3. The van der Waals surface area contributed by atoms with Gasteiger partial charge in [0.05, 0.1) is 6.61 Å². The minimum absolute atomic E-state index is 0.310. The van der Waals surface area contributed by atoms with Crippen molar-refractivity contribution in [3.05, 3.63) is 0 Å². The Bertz CT molecular complexity index is 159. The zero-order chi connectivity index (χ0) is 11.0. The van der Waals surface area contributed by atoms with Gasteiger partial charge in [0.2, 0.25) is 0 Å². The topological polar surface area (TPSA) is 61.5 Å². The van der Waals surface area contributed by atoms with Crippen molar-refractivity contribution in [2.24, 2.45) is 11.7 Å². The first kappa shape index (κ1) is 13.4. The molecule has 4 nitrogen and oxygen atoms in total. The summed E-state index contributed by atoms with van der Waals surface area (Å²) in [6.07, 6.45) is 1.39. The van der Waals surface area contributed by atoms with E-state index in [2.05, 4.69) is 0 Å². The van der Waals surface area contributed by atoms with Gasteiger partial charge >= 0.3 is 5.97 Å². The summed E-state index contributed by atoms with van der Waals surface area (Å²) in [6, 6.07) is -0.488. The number of carbonyl (C=O) groups excluding carboxylic acids is 1. The van der Waals surface area contributed by atoms with Crippen molar-refractivity contribution in [3.8, 4) is 0 Å². The highest BCUT2D eigenvalue weighted by molar-refractivity contribution is 5.75. The van der Waals surface area contributed by atoms with E-state index in [1.807, 2.05) is 13.8 Å². The summed E-state index contributed by atoms with van der Waals surface area (Å²) in [4.78, 5) is 11.3. The Morgan fingerprint density at radius 1 is 1.36 bits per heavy atom. The zero-order valence-electron chi connectivity index (χ0n) is 9.29. The Balaban J connectivity index is 3.52. The third-order valence-electron chi connectivity index (χ3n) is 1.77. The largest absolute Gasteiger partial charge is 0.464 e. The first-order chi connectivity index (χ1) is 6.57. The van der Waals surface area contributed by atoms with Gasteiger partial charge in [0.15, 0.2) is 0 Å². The monoisotopic (exact) mass is 203 g/mol. The van der Waals surface area contributed by atoms with Gasteiger partial charge in [-0.05, 0) is 12.3 Å². The molecule has 0 amide bonds. The third kappa shape index (κ3) is 6.86. The second-order valence-electron chi connectivity index (χ2n) is 3.75. The van der Waals surface area contributed by atoms with Gasteiger partial charge in [0.1, 0.15) is 6.04 Å². The molecule has 0 rings (SSSR count). The van der Waals surface area contributed by atoms with E-state index in [1.54, 1.807) is 7.11 Å². The fourth-order valence-corrected chi connectivity index (χ4v) is 1.09. The van der Waals surface area contributed by atoms with Gasteiger partial charge in [0.25, 0.3) is 0 Å². The van der Waals surface area contributed by atoms with Crippen LogP contribution >= 0.6 is 0 Å². The number of methoxy groups -OCH3 is 1. The molecule has 0 saturated carbocycles. The van der Waals surface area contributed by atoms with Crippen molar-refractivity contribution in [1.82, 2.24) is 0 Å². The van der Waals surface area contributed by atoms with E-state index in [0.717, 1.165) is 6.42 Å². The molecule has 84 valence electrons. The van der Waals surface area contributed by atoms with Gasteiger partial charge in [-0.2, -0.15) is 0 Å². The molecule has 2 N–H and O–H groups in total. The molecule has 1 atom stereocenters. The van der Waals surface area contributed by atoms with E-state index in [0.29, 0.717) is 25.6 Å². The lowest BCUT2D eigenvalue weighted by Crippen LogP contribution is -2.33. The standard InChI is InChI=1S/C10H21NO3/c1-8(2)7-9(11)10(12)14-6-4-5-13-3/h8-9H,4-7,11H2,1-3H3/t9-/m0/s1. The van der Waals surface area contributed by atoms with Gasteiger partial charge in [-0.15, -0.1) is 0 Å². The van der Waals surface area contributed by atoms with Crippen molar-refractivity contribution in [2.45, 2.75) is 32.7 Å². The Morgan fingerprint density at radius 3 is 2.50 bits per heavy atom.